The zero-order valence-electron chi connectivity index (χ0n) is 14.1. The van der Waals surface area contributed by atoms with Crippen molar-refractivity contribution in [3.8, 4) is 0 Å². The molecular weight excluding hydrogens is 246 g/mol. The molecule has 0 spiro atoms. The molecule has 1 heterocycles. The van der Waals surface area contributed by atoms with E-state index >= 15 is 0 Å². The van der Waals surface area contributed by atoms with Gasteiger partial charge in [0.1, 0.15) is 0 Å². The van der Waals surface area contributed by atoms with Crippen LogP contribution in [-0.2, 0) is 0 Å². The molecule has 4 unspecified atom stereocenters. The monoisotopic (exact) mass is 281 g/mol. The Morgan fingerprint density at radius 3 is 2.20 bits per heavy atom. The Morgan fingerprint density at radius 1 is 0.950 bits per heavy atom. The molecule has 1 saturated carbocycles. The lowest BCUT2D eigenvalue weighted by Gasteiger charge is -2.44. The molecular formula is C17H35N3. The van der Waals surface area contributed by atoms with E-state index in [-0.39, 0.29) is 0 Å². The van der Waals surface area contributed by atoms with Gasteiger partial charge in [0, 0.05) is 38.8 Å². The second-order valence-corrected chi connectivity index (χ2v) is 7.12. The highest BCUT2D eigenvalue weighted by molar-refractivity contribution is 4.90. The van der Waals surface area contributed by atoms with Crippen molar-refractivity contribution in [1.82, 2.24) is 15.1 Å². The summed E-state index contributed by atoms with van der Waals surface area (Å²) in [6.07, 6.45) is 2.79. The third-order valence-electron chi connectivity index (χ3n) is 5.53. The Hall–Kier alpha value is -0.120. The summed E-state index contributed by atoms with van der Waals surface area (Å²) in [6, 6.07) is 0.739. The van der Waals surface area contributed by atoms with E-state index in [0.717, 1.165) is 30.3 Å². The zero-order chi connectivity index (χ0) is 14.5. The van der Waals surface area contributed by atoms with Crippen molar-refractivity contribution < 1.29 is 0 Å². The third-order valence-corrected chi connectivity index (χ3v) is 5.53. The molecule has 1 aliphatic heterocycles. The number of nitrogens with one attached hydrogen (secondary N) is 1. The van der Waals surface area contributed by atoms with Crippen LogP contribution in [0.3, 0.4) is 0 Å². The smallest absolute Gasteiger partial charge is 0.0112 e. The molecule has 4 atom stereocenters. The van der Waals surface area contributed by atoms with E-state index in [1.165, 1.54) is 52.1 Å². The van der Waals surface area contributed by atoms with Crippen LogP contribution in [-0.4, -0.2) is 61.7 Å². The molecule has 1 saturated heterocycles. The lowest BCUT2D eigenvalue weighted by Crippen LogP contribution is -2.53. The minimum atomic E-state index is 0.739. The molecule has 0 bridgehead atoms. The van der Waals surface area contributed by atoms with Gasteiger partial charge in [0.2, 0.25) is 0 Å². The molecule has 0 radical (unpaired) electrons. The lowest BCUT2D eigenvalue weighted by atomic mass is 9.72. The number of hydrogen-bond acceptors (Lipinski definition) is 3. The van der Waals surface area contributed by atoms with Crippen LogP contribution in [0.15, 0.2) is 0 Å². The van der Waals surface area contributed by atoms with E-state index in [4.69, 9.17) is 0 Å². The van der Waals surface area contributed by atoms with Crippen molar-refractivity contribution in [2.45, 2.75) is 46.6 Å². The third kappa shape index (κ3) is 4.19. The first kappa shape index (κ1) is 16.3. The Labute approximate surface area is 126 Å². The molecule has 0 aromatic rings. The summed E-state index contributed by atoms with van der Waals surface area (Å²) < 4.78 is 0. The van der Waals surface area contributed by atoms with Gasteiger partial charge >= 0.3 is 0 Å². The fraction of sp³-hybridized carbons (Fsp3) is 1.00. The average molecular weight is 281 g/mol. The molecule has 118 valence electrons. The predicted octanol–water partition coefficient (Wildman–Crippen LogP) is 2.28. The minimum Gasteiger partial charge on any atom is -0.314 e. The molecule has 2 fully saturated rings. The summed E-state index contributed by atoms with van der Waals surface area (Å²) in [5.41, 5.74) is 0. The van der Waals surface area contributed by atoms with Crippen molar-refractivity contribution in [2.75, 3.05) is 45.8 Å². The number of rotatable bonds is 5. The summed E-state index contributed by atoms with van der Waals surface area (Å²) in [6.45, 7) is 18.1. The van der Waals surface area contributed by atoms with Crippen molar-refractivity contribution >= 4 is 0 Å². The molecule has 3 nitrogen and oxygen atoms in total. The van der Waals surface area contributed by atoms with Crippen LogP contribution in [0.4, 0.5) is 0 Å². The molecule has 3 heteroatoms. The van der Waals surface area contributed by atoms with Gasteiger partial charge in [0.05, 0.1) is 0 Å². The van der Waals surface area contributed by atoms with E-state index in [0.29, 0.717) is 0 Å². The van der Waals surface area contributed by atoms with E-state index < -0.39 is 0 Å². The number of nitrogens with zero attached hydrogens (tertiary/aromatic N) is 2. The molecule has 2 aliphatic rings. The van der Waals surface area contributed by atoms with E-state index in [1.807, 2.05) is 0 Å². The summed E-state index contributed by atoms with van der Waals surface area (Å²) in [7, 11) is 0. The average Bonchev–Trinajstić information content (AvgIpc) is 2.43. The largest absolute Gasteiger partial charge is 0.314 e. The van der Waals surface area contributed by atoms with Crippen LogP contribution >= 0.6 is 0 Å². The molecule has 0 amide bonds. The van der Waals surface area contributed by atoms with E-state index in [2.05, 4.69) is 42.8 Å². The van der Waals surface area contributed by atoms with Gasteiger partial charge in [0.25, 0.3) is 0 Å². The van der Waals surface area contributed by atoms with Gasteiger partial charge in [-0.25, -0.2) is 0 Å². The SMILES string of the molecule is CCNC1CC(C)CC(C)C1CN1CCN(CC)CC1. The Balaban J connectivity index is 1.88. The first-order chi connectivity index (χ1) is 9.63. The fourth-order valence-corrected chi connectivity index (χ4v) is 4.30. The molecule has 1 aliphatic carbocycles. The summed E-state index contributed by atoms with van der Waals surface area (Å²) in [5.74, 6) is 2.61. The standard InChI is InChI=1S/C17H35N3/c1-5-18-17-12-14(3)11-15(4)16(17)13-20-9-7-19(6-2)8-10-20/h14-18H,5-13H2,1-4H3. The summed E-state index contributed by atoms with van der Waals surface area (Å²) >= 11 is 0. The van der Waals surface area contributed by atoms with Gasteiger partial charge in [-0.3, -0.25) is 0 Å². The minimum absolute atomic E-state index is 0.739. The Morgan fingerprint density at radius 2 is 1.60 bits per heavy atom. The van der Waals surface area contributed by atoms with Crippen LogP contribution in [0, 0.1) is 17.8 Å². The van der Waals surface area contributed by atoms with Gasteiger partial charge in [-0.05, 0) is 43.7 Å². The highest BCUT2D eigenvalue weighted by Crippen LogP contribution is 2.34. The van der Waals surface area contributed by atoms with Crippen LogP contribution in [0.2, 0.25) is 0 Å². The van der Waals surface area contributed by atoms with Gasteiger partial charge in [-0.1, -0.05) is 27.7 Å². The van der Waals surface area contributed by atoms with Gasteiger partial charge in [-0.15, -0.1) is 0 Å². The normalized spacial score (nSPS) is 37.2. The van der Waals surface area contributed by atoms with E-state index in [9.17, 15) is 0 Å². The second kappa shape index (κ2) is 7.77. The highest BCUT2D eigenvalue weighted by Gasteiger charge is 2.34. The molecule has 0 aromatic heterocycles. The highest BCUT2D eigenvalue weighted by atomic mass is 15.3. The maximum atomic E-state index is 3.77. The second-order valence-electron chi connectivity index (χ2n) is 7.12. The van der Waals surface area contributed by atoms with Crippen molar-refractivity contribution in [2.24, 2.45) is 17.8 Å². The Bertz CT molecular complexity index is 273. The molecule has 1 N–H and O–H groups in total. The number of piperazine rings is 1. The first-order valence-corrected chi connectivity index (χ1v) is 8.82. The van der Waals surface area contributed by atoms with Gasteiger partial charge in [0.15, 0.2) is 0 Å². The quantitative estimate of drug-likeness (QED) is 0.834. The van der Waals surface area contributed by atoms with Crippen molar-refractivity contribution in [3.63, 3.8) is 0 Å². The Kier molecular flexibility index (Phi) is 6.31. The van der Waals surface area contributed by atoms with Crippen LogP contribution in [0.1, 0.15) is 40.5 Å². The van der Waals surface area contributed by atoms with Crippen LogP contribution in [0.5, 0.6) is 0 Å². The van der Waals surface area contributed by atoms with Gasteiger partial charge in [-0.2, -0.15) is 0 Å². The maximum absolute atomic E-state index is 3.77. The summed E-state index contributed by atoms with van der Waals surface area (Å²) in [4.78, 5) is 5.29. The molecule has 0 aromatic carbocycles. The first-order valence-electron chi connectivity index (χ1n) is 8.82. The van der Waals surface area contributed by atoms with Crippen LogP contribution < -0.4 is 5.32 Å². The molecule has 2 rings (SSSR count). The topological polar surface area (TPSA) is 18.5 Å². The maximum Gasteiger partial charge on any atom is 0.0112 e. The van der Waals surface area contributed by atoms with Crippen molar-refractivity contribution in [1.29, 1.82) is 0 Å². The van der Waals surface area contributed by atoms with Gasteiger partial charge < -0.3 is 15.1 Å². The molecule has 20 heavy (non-hydrogen) atoms. The predicted molar refractivity (Wildman–Crippen MR) is 87.1 cm³/mol. The van der Waals surface area contributed by atoms with Crippen LogP contribution in [0.25, 0.3) is 0 Å². The van der Waals surface area contributed by atoms with Crippen molar-refractivity contribution in [3.05, 3.63) is 0 Å². The summed E-state index contributed by atoms with van der Waals surface area (Å²) in [5, 5.41) is 3.77. The zero-order valence-corrected chi connectivity index (χ0v) is 14.1. The van der Waals surface area contributed by atoms with E-state index in [1.54, 1.807) is 0 Å². The number of likely N-dealkylation sites (N-methyl/N-ethyl adjacent to an activating group) is 1. The lowest BCUT2D eigenvalue weighted by molar-refractivity contribution is 0.0701. The fourth-order valence-electron chi connectivity index (χ4n) is 4.30. The number of hydrogen-bond donors (Lipinski definition) is 1.